The second kappa shape index (κ2) is 4.24. The third-order valence-corrected chi connectivity index (χ3v) is 3.40. The lowest BCUT2D eigenvalue weighted by molar-refractivity contribution is -0.128. The van der Waals surface area contributed by atoms with Gasteiger partial charge in [0, 0.05) is 11.3 Å². The maximum absolute atomic E-state index is 11.7. The number of ketones is 1. The van der Waals surface area contributed by atoms with Gasteiger partial charge in [-0.3, -0.25) is 4.79 Å². The fraction of sp³-hybridized carbons (Fsp3) is 0.545. The van der Waals surface area contributed by atoms with Gasteiger partial charge < -0.3 is 4.74 Å². The summed E-state index contributed by atoms with van der Waals surface area (Å²) in [6, 6.07) is 3.98. The topological polar surface area (TPSA) is 26.3 Å². The van der Waals surface area contributed by atoms with Crippen molar-refractivity contribution in [2.75, 3.05) is 0 Å². The normalized spacial score (nSPS) is 26.6. The minimum Gasteiger partial charge on any atom is -0.367 e. The van der Waals surface area contributed by atoms with Crippen LogP contribution in [0.2, 0.25) is 0 Å². The lowest BCUT2D eigenvalue weighted by atomic mass is 10.1. The Balaban J connectivity index is 1.90. The Bertz CT molecular complexity index is 305. The predicted molar refractivity (Wildman–Crippen MR) is 56.6 cm³/mol. The van der Waals surface area contributed by atoms with Crippen LogP contribution < -0.4 is 0 Å². The van der Waals surface area contributed by atoms with Gasteiger partial charge in [-0.05, 0) is 31.2 Å². The highest BCUT2D eigenvalue weighted by Crippen LogP contribution is 2.21. The van der Waals surface area contributed by atoms with E-state index in [-0.39, 0.29) is 18.0 Å². The highest BCUT2D eigenvalue weighted by molar-refractivity contribution is 7.10. The molecular formula is C11H14O2S. The van der Waals surface area contributed by atoms with Gasteiger partial charge in [-0.1, -0.05) is 6.07 Å². The van der Waals surface area contributed by atoms with E-state index < -0.39 is 0 Å². The van der Waals surface area contributed by atoms with Crippen molar-refractivity contribution >= 4 is 17.1 Å². The summed E-state index contributed by atoms with van der Waals surface area (Å²) in [5.41, 5.74) is 0. The van der Waals surface area contributed by atoms with E-state index in [1.807, 2.05) is 24.4 Å². The number of rotatable bonds is 3. The Morgan fingerprint density at radius 2 is 2.50 bits per heavy atom. The Hall–Kier alpha value is -0.670. The summed E-state index contributed by atoms with van der Waals surface area (Å²) in [7, 11) is 0. The van der Waals surface area contributed by atoms with Gasteiger partial charge in [-0.25, -0.2) is 0 Å². The Morgan fingerprint density at radius 3 is 3.07 bits per heavy atom. The minimum atomic E-state index is -0.146. The van der Waals surface area contributed by atoms with Crippen molar-refractivity contribution in [2.24, 2.45) is 0 Å². The van der Waals surface area contributed by atoms with Crippen molar-refractivity contribution in [2.45, 2.75) is 38.4 Å². The molecule has 2 atom stereocenters. The molecule has 76 valence electrons. The lowest BCUT2D eigenvalue weighted by Gasteiger charge is -2.08. The monoisotopic (exact) mass is 210 g/mol. The van der Waals surface area contributed by atoms with Gasteiger partial charge in [0.2, 0.25) is 0 Å². The summed E-state index contributed by atoms with van der Waals surface area (Å²) in [5, 5.41) is 2.00. The van der Waals surface area contributed by atoms with Crippen molar-refractivity contribution in [1.82, 2.24) is 0 Å². The number of Topliss-reactive ketones (excluding diaryl/α,β-unsaturated/α-hetero) is 1. The average Bonchev–Trinajstić information content (AvgIpc) is 2.75. The summed E-state index contributed by atoms with van der Waals surface area (Å²) < 4.78 is 5.53. The summed E-state index contributed by atoms with van der Waals surface area (Å²) in [6.45, 7) is 2.03. The van der Waals surface area contributed by atoms with Crippen LogP contribution in [0, 0.1) is 0 Å². The summed E-state index contributed by atoms with van der Waals surface area (Å²) >= 11 is 1.63. The van der Waals surface area contributed by atoms with Gasteiger partial charge in [0.25, 0.3) is 0 Å². The Morgan fingerprint density at radius 1 is 1.64 bits per heavy atom. The molecule has 1 aliphatic heterocycles. The zero-order valence-electron chi connectivity index (χ0n) is 8.23. The molecule has 0 aliphatic carbocycles. The first-order chi connectivity index (χ1) is 6.75. The van der Waals surface area contributed by atoms with Gasteiger partial charge in [-0.2, -0.15) is 0 Å². The average molecular weight is 210 g/mol. The molecule has 2 nitrogen and oxygen atoms in total. The number of hydrogen-bond acceptors (Lipinski definition) is 3. The molecule has 0 amide bonds. The molecule has 1 fully saturated rings. The van der Waals surface area contributed by atoms with Crippen LogP contribution in [0.4, 0.5) is 0 Å². The standard InChI is InChI=1S/C11H14O2S/c1-8-4-5-11(13-8)10(12)7-9-3-2-6-14-9/h2-3,6,8,11H,4-5,7H2,1H3. The second-order valence-corrected chi connectivity index (χ2v) is 4.77. The van der Waals surface area contributed by atoms with Crippen molar-refractivity contribution < 1.29 is 9.53 Å². The van der Waals surface area contributed by atoms with E-state index in [4.69, 9.17) is 4.74 Å². The van der Waals surface area contributed by atoms with E-state index in [0.29, 0.717) is 6.42 Å². The molecule has 0 radical (unpaired) electrons. The number of thiophene rings is 1. The van der Waals surface area contributed by atoms with Crippen LogP contribution in [-0.2, 0) is 16.0 Å². The second-order valence-electron chi connectivity index (χ2n) is 3.74. The van der Waals surface area contributed by atoms with Crippen LogP contribution in [0.25, 0.3) is 0 Å². The molecule has 0 saturated carbocycles. The first-order valence-corrected chi connectivity index (χ1v) is 5.84. The molecule has 3 heteroatoms. The molecule has 1 aromatic heterocycles. The van der Waals surface area contributed by atoms with Gasteiger partial charge in [-0.15, -0.1) is 11.3 Å². The van der Waals surface area contributed by atoms with E-state index in [0.717, 1.165) is 17.7 Å². The molecule has 1 aliphatic rings. The highest BCUT2D eigenvalue weighted by Gasteiger charge is 2.27. The lowest BCUT2D eigenvalue weighted by Crippen LogP contribution is -2.22. The van der Waals surface area contributed by atoms with Gasteiger partial charge in [0.1, 0.15) is 6.10 Å². The number of carbonyl (C=O) groups is 1. The molecule has 14 heavy (non-hydrogen) atoms. The van der Waals surface area contributed by atoms with Crippen LogP contribution in [0.1, 0.15) is 24.6 Å². The van der Waals surface area contributed by atoms with Crippen molar-refractivity contribution in [3.63, 3.8) is 0 Å². The molecule has 1 saturated heterocycles. The van der Waals surface area contributed by atoms with Crippen molar-refractivity contribution in [3.05, 3.63) is 22.4 Å². The van der Waals surface area contributed by atoms with Crippen molar-refractivity contribution in [3.8, 4) is 0 Å². The molecule has 0 N–H and O–H groups in total. The molecule has 2 rings (SSSR count). The minimum absolute atomic E-state index is 0.146. The van der Waals surface area contributed by atoms with Crippen LogP contribution in [0.3, 0.4) is 0 Å². The first-order valence-electron chi connectivity index (χ1n) is 4.96. The molecular weight excluding hydrogens is 196 g/mol. The zero-order chi connectivity index (χ0) is 9.97. The zero-order valence-corrected chi connectivity index (χ0v) is 9.05. The molecule has 1 aromatic rings. The van der Waals surface area contributed by atoms with E-state index in [9.17, 15) is 4.79 Å². The SMILES string of the molecule is CC1CCC(C(=O)Cc2cccs2)O1. The Kier molecular flexibility index (Phi) is 2.99. The largest absolute Gasteiger partial charge is 0.367 e. The maximum atomic E-state index is 11.7. The Labute approximate surface area is 87.9 Å². The quantitative estimate of drug-likeness (QED) is 0.766. The number of hydrogen-bond donors (Lipinski definition) is 0. The molecule has 2 heterocycles. The number of carbonyl (C=O) groups excluding carboxylic acids is 1. The smallest absolute Gasteiger partial charge is 0.166 e. The number of ether oxygens (including phenoxy) is 1. The summed E-state index contributed by atoms with van der Waals surface area (Å²) in [5.74, 6) is 0.233. The van der Waals surface area contributed by atoms with Crippen LogP contribution >= 0.6 is 11.3 Å². The molecule has 0 spiro atoms. The van der Waals surface area contributed by atoms with Crippen LogP contribution in [0.5, 0.6) is 0 Å². The molecule has 0 aromatic carbocycles. The molecule has 0 bridgehead atoms. The van der Waals surface area contributed by atoms with Crippen LogP contribution in [0.15, 0.2) is 17.5 Å². The van der Waals surface area contributed by atoms with Crippen molar-refractivity contribution in [1.29, 1.82) is 0 Å². The molecule has 2 unspecified atom stereocenters. The van der Waals surface area contributed by atoms with E-state index in [1.54, 1.807) is 11.3 Å². The van der Waals surface area contributed by atoms with Gasteiger partial charge in [0.05, 0.1) is 6.10 Å². The van der Waals surface area contributed by atoms with E-state index in [2.05, 4.69) is 0 Å². The van der Waals surface area contributed by atoms with Gasteiger partial charge in [0.15, 0.2) is 5.78 Å². The van der Waals surface area contributed by atoms with E-state index >= 15 is 0 Å². The first kappa shape index (κ1) is 9.87. The summed E-state index contributed by atoms with van der Waals surface area (Å²) in [4.78, 5) is 12.9. The third kappa shape index (κ3) is 2.22. The van der Waals surface area contributed by atoms with Gasteiger partial charge >= 0.3 is 0 Å². The highest BCUT2D eigenvalue weighted by atomic mass is 32.1. The third-order valence-electron chi connectivity index (χ3n) is 2.52. The maximum Gasteiger partial charge on any atom is 0.166 e. The van der Waals surface area contributed by atoms with E-state index in [1.165, 1.54) is 0 Å². The fourth-order valence-corrected chi connectivity index (χ4v) is 2.45. The van der Waals surface area contributed by atoms with Crippen LogP contribution in [-0.4, -0.2) is 18.0 Å². The fourth-order valence-electron chi connectivity index (χ4n) is 1.74. The summed E-state index contributed by atoms with van der Waals surface area (Å²) in [6.07, 6.45) is 2.56. The predicted octanol–water partition coefficient (Wildman–Crippen LogP) is 2.43.